The molecule has 0 aliphatic heterocycles. The predicted octanol–water partition coefficient (Wildman–Crippen LogP) is 6.57. The first kappa shape index (κ1) is 22.7. The van der Waals surface area contributed by atoms with E-state index in [0.29, 0.717) is 5.66 Å². The molecule has 4 heteroatoms. The second-order valence-corrected chi connectivity index (χ2v) is 7.92. The second kappa shape index (κ2) is 14.6. The van der Waals surface area contributed by atoms with Crippen molar-refractivity contribution in [2.45, 2.75) is 63.4 Å². The van der Waals surface area contributed by atoms with Crippen molar-refractivity contribution in [2.24, 2.45) is 0 Å². The largest absolute Gasteiger partial charge is 2.00 e. The van der Waals surface area contributed by atoms with E-state index in [1.165, 1.54) is 57.8 Å². The number of halogens is 2. The summed E-state index contributed by atoms with van der Waals surface area (Å²) in [5.41, 5.74) is 0.660. The average Bonchev–Trinajstić information content (AvgIpc) is 2.82. The van der Waals surface area contributed by atoms with Gasteiger partial charge in [-0.1, -0.05) is 67.4 Å². The van der Waals surface area contributed by atoms with Gasteiger partial charge in [-0.15, -0.1) is 0 Å². The van der Waals surface area contributed by atoms with Crippen LogP contribution in [0.2, 0.25) is 0 Å². The third kappa shape index (κ3) is 10.7. The molecule has 2 aliphatic rings. The standard InChI is InChI=1S/C5H9Cl2P.C5H10.2CH3.Fe/c6-8(7)5-3-1-2-4-5;1-2-4-5-3-1;;;/h5H,1-4H2;1-5H2;2*1H3;/q;;2*-1;+2. The predicted molar refractivity (Wildman–Crippen MR) is 76.8 cm³/mol. The Morgan fingerprint density at radius 2 is 1.00 bits per heavy atom. The monoisotopic (exact) mass is 326 g/mol. The molecule has 2 aliphatic carbocycles. The third-order valence-electron chi connectivity index (χ3n) is 2.85. The van der Waals surface area contributed by atoms with E-state index < -0.39 is 6.63 Å². The van der Waals surface area contributed by atoms with E-state index in [1.807, 2.05) is 0 Å². The molecule has 0 aromatic carbocycles. The molecule has 0 spiro atoms. The van der Waals surface area contributed by atoms with Gasteiger partial charge in [-0.05, 0) is 12.8 Å². The molecule has 0 bridgehead atoms. The van der Waals surface area contributed by atoms with Crippen LogP contribution in [0.1, 0.15) is 57.8 Å². The Balaban J connectivity index is -0.000000189. The van der Waals surface area contributed by atoms with Gasteiger partial charge in [0.2, 0.25) is 0 Å². The Labute approximate surface area is 124 Å². The molecular weight excluding hydrogens is 302 g/mol. The van der Waals surface area contributed by atoms with Crippen molar-refractivity contribution < 1.29 is 17.1 Å². The first-order valence-corrected chi connectivity index (χ1v) is 8.63. The minimum absolute atomic E-state index is 0. The zero-order chi connectivity index (χ0) is 9.52. The fourth-order valence-corrected chi connectivity index (χ4v) is 3.91. The van der Waals surface area contributed by atoms with Gasteiger partial charge in [0.25, 0.3) is 0 Å². The summed E-state index contributed by atoms with van der Waals surface area (Å²) in [4.78, 5) is 0. The minimum atomic E-state index is -0.657. The summed E-state index contributed by atoms with van der Waals surface area (Å²) in [7, 11) is 0. The smallest absolute Gasteiger partial charge is 0.358 e. The van der Waals surface area contributed by atoms with Gasteiger partial charge < -0.3 is 14.9 Å². The van der Waals surface area contributed by atoms with E-state index in [0.717, 1.165) is 0 Å². The van der Waals surface area contributed by atoms with Gasteiger partial charge in [-0.3, -0.25) is 0 Å². The van der Waals surface area contributed by atoms with Gasteiger partial charge in [-0.2, -0.15) is 0 Å². The van der Waals surface area contributed by atoms with Crippen LogP contribution >= 0.6 is 29.1 Å². The Hall–Kier alpha value is 1.53. The van der Waals surface area contributed by atoms with Gasteiger partial charge in [0, 0.05) is 5.66 Å². The summed E-state index contributed by atoms with van der Waals surface area (Å²) in [6.45, 7) is -0.657. The maximum atomic E-state index is 5.71. The summed E-state index contributed by atoms with van der Waals surface area (Å²) < 4.78 is 0. The molecule has 0 radical (unpaired) electrons. The molecule has 0 aromatic rings. The Morgan fingerprint density at radius 3 is 1.19 bits per heavy atom. The molecule has 16 heavy (non-hydrogen) atoms. The summed E-state index contributed by atoms with van der Waals surface area (Å²) in [5, 5.41) is 0. The van der Waals surface area contributed by atoms with Gasteiger partial charge in [0.15, 0.2) is 0 Å². The normalized spacial score (nSPS) is 18.9. The molecule has 0 saturated heterocycles. The van der Waals surface area contributed by atoms with Crippen molar-refractivity contribution in [3.8, 4) is 0 Å². The Morgan fingerprint density at radius 1 is 0.688 bits per heavy atom. The summed E-state index contributed by atoms with van der Waals surface area (Å²) in [6.07, 6.45) is 12.7. The second-order valence-electron chi connectivity index (χ2n) is 3.97. The van der Waals surface area contributed by atoms with Crippen molar-refractivity contribution >= 4 is 29.1 Å². The summed E-state index contributed by atoms with van der Waals surface area (Å²) in [5.74, 6) is 0. The van der Waals surface area contributed by atoms with Crippen LogP contribution < -0.4 is 0 Å². The Kier molecular flexibility index (Phi) is 20.7. The van der Waals surface area contributed by atoms with Crippen LogP contribution in [0.25, 0.3) is 0 Å². The maximum Gasteiger partial charge on any atom is 2.00 e. The van der Waals surface area contributed by atoms with Gasteiger partial charge in [-0.25, -0.2) is 0 Å². The molecular formula is C12H25Cl2FeP. The maximum absolute atomic E-state index is 5.71. The average molecular weight is 327 g/mol. The topological polar surface area (TPSA) is 0 Å². The molecule has 0 unspecified atom stereocenters. The van der Waals surface area contributed by atoms with Crippen LogP contribution in [0.5, 0.6) is 0 Å². The zero-order valence-electron chi connectivity index (χ0n) is 10.5. The van der Waals surface area contributed by atoms with E-state index in [2.05, 4.69) is 0 Å². The fourth-order valence-electron chi connectivity index (χ4n) is 1.98. The van der Waals surface area contributed by atoms with Crippen LogP contribution in [-0.2, 0) is 17.1 Å². The van der Waals surface area contributed by atoms with Crippen LogP contribution in [0.3, 0.4) is 0 Å². The molecule has 2 rings (SSSR count). The van der Waals surface area contributed by atoms with E-state index in [9.17, 15) is 0 Å². The van der Waals surface area contributed by atoms with Gasteiger partial charge in [0.05, 0.1) is 6.63 Å². The van der Waals surface area contributed by atoms with Crippen LogP contribution in [0, 0.1) is 14.9 Å². The van der Waals surface area contributed by atoms with Crippen molar-refractivity contribution in [2.75, 3.05) is 0 Å². The quantitative estimate of drug-likeness (QED) is 0.290. The van der Waals surface area contributed by atoms with E-state index in [1.54, 1.807) is 0 Å². The SMILES string of the molecule is C1CCCC1.ClP(Cl)C1CCCC1.[CH3-].[CH3-].[Fe+2]. The van der Waals surface area contributed by atoms with Crippen LogP contribution in [0.15, 0.2) is 0 Å². The first-order valence-electron chi connectivity index (χ1n) is 5.41. The first-order chi connectivity index (χ1) is 6.30. The molecule has 0 N–H and O–H groups in total. The molecule has 2 saturated carbocycles. The number of hydrogen-bond donors (Lipinski definition) is 0. The third-order valence-corrected chi connectivity index (χ3v) is 5.58. The van der Waals surface area contributed by atoms with E-state index >= 15 is 0 Å². The molecule has 0 heterocycles. The fraction of sp³-hybridized carbons (Fsp3) is 0.833. The van der Waals surface area contributed by atoms with Crippen molar-refractivity contribution in [3.63, 3.8) is 0 Å². The Bertz CT molecular complexity index is 117. The molecule has 0 nitrogen and oxygen atoms in total. The summed E-state index contributed by atoms with van der Waals surface area (Å²) >= 11 is 11.4. The van der Waals surface area contributed by atoms with Crippen molar-refractivity contribution in [1.82, 2.24) is 0 Å². The number of rotatable bonds is 1. The van der Waals surface area contributed by atoms with Gasteiger partial charge in [0.1, 0.15) is 0 Å². The van der Waals surface area contributed by atoms with Crippen LogP contribution in [0.4, 0.5) is 0 Å². The van der Waals surface area contributed by atoms with E-state index in [4.69, 9.17) is 22.5 Å². The molecule has 100 valence electrons. The number of hydrogen-bond acceptors (Lipinski definition) is 0. The molecule has 2 fully saturated rings. The molecule has 0 aromatic heterocycles. The minimum Gasteiger partial charge on any atom is -0.358 e. The van der Waals surface area contributed by atoms with Crippen LogP contribution in [-0.4, -0.2) is 5.66 Å². The molecule has 0 amide bonds. The summed E-state index contributed by atoms with van der Waals surface area (Å²) in [6, 6.07) is 0. The zero-order valence-corrected chi connectivity index (χ0v) is 14.0. The van der Waals surface area contributed by atoms with E-state index in [-0.39, 0.29) is 31.9 Å². The molecule has 0 atom stereocenters. The van der Waals surface area contributed by atoms with Crippen molar-refractivity contribution in [3.05, 3.63) is 14.9 Å². The van der Waals surface area contributed by atoms with Gasteiger partial charge >= 0.3 is 17.1 Å². The van der Waals surface area contributed by atoms with Crippen molar-refractivity contribution in [1.29, 1.82) is 0 Å².